The SMILES string of the molecule is CC(C)CN(C(C)C)C1CCC1CNC(C)C. The Hall–Kier alpha value is -0.0800. The van der Waals surface area contributed by atoms with Crippen LogP contribution < -0.4 is 5.32 Å². The van der Waals surface area contributed by atoms with Gasteiger partial charge in [0.15, 0.2) is 0 Å². The first-order valence-electron chi connectivity index (χ1n) is 7.41. The average Bonchev–Trinajstić information content (AvgIpc) is 2.13. The number of rotatable bonds is 7. The highest BCUT2D eigenvalue weighted by Gasteiger charge is 2.36. The molecule has 2 unspecified atom stereocenters. The molecule has 0 aromatic heterocycles. The normalized spacial score (nSPS) is 25.1. The van der Waals surface area contributed by atoms with Gasteiger partial charge in [-0.2, -0.15) is 0 Å². The molecule has 1 N–H and O–H groups in total. The van der Waals surface area contributed by atoms with E-state index in [9.17, 15) is 0 Å². The molecule has 0 saturated heterocycles. The van der Waals surface area contributed by atoms with Crippen LogP contribution >= 0.6 is 0 Å². The van der Waals surface area contributed by atoms with E-state index >= 15 is 0 Å². The fourth-order valence-electron chi connectivity index (χ4n) is 2.76. The van der Waals surface area contributed by atoms with Crippen molar-refractivity contribution in [1.82, 2.24) is 10.2 Å². The van der Waals surface area contributed by atoms with Gasteiger partial charge in [0.05, 0.1) is 0 Å². The Bertz CT molecular complexity index is 211. The van der Waals surface area contributed by atoms with Crippen molar-refractivity contribution in [2.45, 2.75) is 72.5 Å². The molecule has 0 radical (unpaired) electrons. The summed E-state index contributed by atoms with van der Waals surface area (Å²) in [5, 5.41) is 3.60. The van der Waals surface area contributed by atoms with Gasteiger partial charge in [-0.15, -0.1) is 0 Å². The Morgan fingerprint density at radius 3 is 2.06 bits per heavy atom. The molecule has 0 aromatic rings. The molecule has 0 heterocycles. The van der Waals surface area contributed by atoms with Crippen molar-refractivity contribution in [3.05, 3.63) is 0 Å². The summed E-state index contributed by atoms with van der Waals surface area (Å²) in [7, 11) is 0. The van der Waals surface area contributed by atoms with Gasteiger partial charge in [0.1, 0.15) is 0 Å². The van der Waals surface area contributed by atoms with Crippen LogP contribution in [0.5, 0.6) is 0 Å². The molecule has 1 aliphatic carbocycles. The van der Waals surface area contributed by atoms with Crippen molar-refractivity contribution >= 4 is 0 Å². The minimum Gasteiger partial charge on any atom is -0.314 e. The monoisotopic (exact) mass is 240 g/mol. The van der Waals surface area contributed by atoms with E-state index in [4.69, 9.17) is 0 Å². The number of hydrogen-bond acceptors (Lipinski definition) is 2. The lowest BCUT2D eigenvalue weighted by Gasteiger charge is -2.47. The minimum absolute atomic E-state index is 0.619. The smallest absolute Gasteiger partial charge is 0.0139 e. The molecule has 2 heteroatoms. The molecule has 1 fully saturated rings. The summed E-state index contributed by atoms with van der Waals surface area (Å²) >= 11 is 0. The van der Waals surface area contributed by atoms with Crippen molar-refractivity contribution in [3.8, 4) is 0 Å². The van der Waals surface area contributed by atoms with Gasteiger partial charge in [0, 0.05) is 24.7 Å². The Kier molecular flexibility index (Phi) is 5.94. The predicted octanol–water partition coefficient (Wildman–Crippen LogP) is 3.13. The van der Waals surface area contributed by atoms with Crippen molar-refractivity contribution in [2.24, 2.45) is 11.8 Å². The maximum atomic E-state index is 3.60. The third-order valence-electron chi connectivity index (χ3n) is 3.83. The summed E-state index contributed by atoms with van der Waals surface area (Å²) in [6.45, 7) is 16.3. The van der Waals surface area contributed by atoms with Gasteiger partial charge in [0.25, 0.3) is 0 Å². The highest BCUT2D eigenvalue weighted by Crippen LogP contribution is 2.33. The summed E-state index contributed by atoms with van der Waals surface area (Å²) < 4.78 is 0. The third-order valence-corrected chi connectivity index (χ3v) is 3.83. The number of hydrogen-bond donors (Lipinski definition) is 1. The average molecular weight is 240 g/mol. The van der Waals surface area contributed by atoms with E-state index in [1.54, 1.807) is 0 Å². The van der Waals surface area contributed by atoms with Crippen LogP contribution in [0.15, 0.2) is 0 Å². The molecule has 2 atom stereocenters. The lowest BCUT2D eigenvalue weighted by Crippen LogP contribution is -2.54. The zero-order chi connectivity index (χ0) is 13.0. The molecule has 17 heavy (non-hydrogen) atoms. The van der Waals surface area contributed by atoms with Crippen LogP contribution in [0.4, 0.5) is 0 Å². The predicted molar refractivity (Wildman–Crippen MR) is 76.3 cm³/mol. The highest BCUT2D eigenvalue weighted by molar-refractivity contribution is 4.91. The molecular weight excluding hydrogens is 208 g/mol. The van der Waals surface area contributed by atoms with E-state index in [-0.39, 0.29) is 0 Å². The van der Waals surface area contributed by atoms with Crippen LogP contribution in [0, 0.1) is 11.8 Å². The molecule has 0 amide bonds. The van der Waals surface area contributed by atoms with Crippen LogP contribution in [0.2, 0.25) is 0 Å². The Labute approximate surface area is 108 Å². The van der Waals surface area contributed by atoms with E-state index in [2.05, 4.69) is 51.8 Å². The van der Waals surface area contributed by atoms with Crippen molar-refractivity contribution in [2.75, 3.05) is 13.1 Å². The molecule has 0 aromatic carbocycles. The van der Waals surface area contributed by atoms with Crippen LogP contribution in [-0.2, 0) is 0 Å². The standard InChI is InChI=1S/C15H32N2/c1-11(2)10-17(13(5)6)15-8-7-14(15)9-16-12(3)4/h11-16H,7-10H2,1-6H3. The molecular formula is C15H32N2. The quantitative estimate of drug-likeness (QED) is 0.735. The molecule has 1 rings (SSSR count). The Morgan fingerprint density at radius 2 is 1.71 bits per heavy atom. The van der Waals surface area contributed by atoms with Gasteiger partial charge in [-0.25, -0.2) is 0 Å². The molecule has 0 spiro atoms. The van der Waals surface area contributed by atoms with E-state index in [1.807, 2.05) is 0 Å². The summed E-state index contributed by atoms with van der Waals surface area (Å²) in [6.07, 6.45) is 2.81. The maximum Gasteiger partial charge on any atom is 0.0139 e. The van der Waals surface area contributed by atoms with Gasteiger partial charge < -0.3 is 5.32 Å². The van der Waals surface area contributed by atoms with Crippen LogP contribution in [-0.4, -0.2) is 36.1 Å². The fraction of sp³-hybridized carbons (Fsp3) is 1.00. The van der Waals surface area contributed by atoms with E-state index in [0.717, 1.165) is 17.9 Å². The molecule has 1 aliphatic rings. The first kappa shape index (κ1) is 15.0. The zero-order valence-electron chi connectivity index (χ0n) is 12.7. The second-order valence-corrected chi connectivity index (χ2v) is 6.65. The topological polar surface area (TPSA) is 15.3 Å². The Balaban J connectivity index is 2.45. The fourth-order valence-corrected chi connectivity index (χ4v) is 2.76. The van der Waals surface area contributed by atoms with E-state index in [0.29, 0.717) is 12.1 Å². The van der Waals surface area contributed by atoms with E-state index in [1.165, 1.54) is 25.9 Å². The van der Waals surface area contributed by atoms with Gasteiger partial charge in [-0.1, -0.05) is 27.7 Å². The lowest BCUT2D eigenvalue weighted by atomic mass is 9.77. The highest BCUT2D eigenvalue weighted by atomic mass is 15.2. The van der Waals surface area contributed by atoms with Crippen molar-refractivity contribution in [3.63, 3.8) is 0 Å². The first-order valence-corrected chi connectivity index (χ1v) is 7.41. The zero-order valence-corrected chi connectivity index (χ0v) is 12.7. The van der Waals surface area contributed by atoms with Gasteiger partial charge in [-0.05, 0) is 45.1 Å². The van der Waals surface area contributed by atoms with Crippen molar-refractivity contribution < 1.29 is 0 Å². The minimum atomic E-state index is 0.619. The second-order valence-electron chi connectivity index (χ2n) is 6.65. The summed E-state index contributed by atoms with van der Waals surface area (Å²) in [5.41, 5.74) is 0. The molecule has 0 aliphatic heterocycles. The van der Waals surface area contributed by atoms with Crippen LogP contribution in [0.25, 0.3) is 0 Å². The first-order chi connectivity index (χ1) is 7.91. The molecule has 2 nitrogen and oxygen atoms in total. The maximum absolute atomic E-state index is 3.60. The number of nitrogens with one attached hydrogen (secondary N) is 1. The third kappa shape index (κ3) is 4.59. The summed E-state index contributed by atoms with van der Waals surface area (Å²) in [5.74, 6) is 1.65. The summed E-state index contributed by atoms with van der Waals surface area (Å²) in [4.78, 5) is 2.72. The lowest BCUT2D eigenvalue weighted by molar-refractivity contribution is 0.0282. The number of nitrogens with zero attached hydrogens (tertiary/aromatic N) is 1. The summed E-state index contributed by atoms with van der Waals surface area (Å²) in [6, 6.07) is 2.13. The van der Waals surface area contributed by atoms with Crippen LogP contribution in [0.3, 0.4) is 0 Å². The molecule has 0 bridgehead atoms. The molecule has 102 valence electrons. The van der Waals surface area contributed by atoms with E-state index < -0.39 is 0 Å². The van der Waals surface area contributed by atoms with Crippen molar-refractivity contribution in [1.29, 1.82) is 0 Å². The van der Waals surface area contributed by atoms with Gasteiger partial charge in [0.2, 0.25) is 0 Å². The second kappa shape index (κ2) is 6.75. The Morgan fingerprint density at radius 1 is 1.06 bits per heavy atom. The van der Waals surface area contributed by atoms with Crippen LogP contribution in [0.1, 0.15) is 54.4 Å². The van der Waals surface area contributed by atoms with Gasteiger partial charge >= 0.3 is 0 Å². The largest absolute Gasteiger partial charge is 0.314 e. The molecule has 1 saturated carbocycles. The van der Waals surface area contributed by atoms with Gasteiger partial charge in [-0.3, -0.25) is 4.90 Å².